The Balaban J connectivity index is 1.35. The molecule has 34 heavy (non-hydrogen) atoms. The molecule has 3 aromatic rings. The number of fused-ring (bicyclic) bond motifs is 2. The third kappa shape index (κ3) is 3.99. The van der Waals surface area contributed by atoms with Gasteiger partial charge in [0.25, 0.3) is 5.91 Å². The first-order chi connectivity index (χ1) is 16.5. The summed E-state index contributed by atoms with van der Waals surface area (Å²) in [6.45, 7) is -0.425. The number of rotatable bonds is 5. The molecule has 1 aliphatic carbocycles. The summed E-state index contributed by atoms with van der Waals surface area (Å²) in [5.74, 6) is 0.0302. The molecule has 2 aliphatic rings. The summed E-state index contributed by atoms with van der Waals surface area (Å²) in [6, 6.07) is 21.0. The highest BCUT2D eigenvalue weighted by Gasteiger charge is 2.54. The van der Waals surface area contributed by atoms with Crippen molar-refractivity contribution in [1.82, 2.24) is 10.2 Å². The molecule has 1 atom stereocenters. The third-order valence-corrected chi connectivity index (χ3v) is 6.37. The van der Waals surface area contributed by atoms with E-state index in [2.05, 4.69) is 10.6 Å². The minimum absolute atomic E-state index is 0.339. The third-order valence-electron chi connectivity index (χ3n) is 6.14. The highest BCUT2D eigenvalue weighted by molar-refractivity contribution is 6.31. The van der Waals surface area contributed by atoms with Crippen LogP contribution in [0, 0.1) is 0 Å². The number of nitrogens with one attached hydrogen (secondary N) is 2. The van der Waals surface area contributed by atoms with Crippen LogP contribution in [0.1, 0.15) is 24.0 Å². The van der Waals surface area contributed by atoms with Gasteiger partial charge in [0.2, 0.25) is 5.91 Å². The molecule has 3 aromatic carbocycles. The molecule has 5 rings (SSSR count). The highest BCUT2D eigenvalue weighted by Crippen LogP contribution is 2.40. The van der Waals surface area contributed by atoms with E-state index >= 15 is 0 Å². The lowest BCUT2D eigenvalue weighted by atomic mass is 9.76. The van der Waals surface area contributed by atoms with Gasteiger partial charge in [-0.25, -0.2) is 4.79 Å². The second-order valence-corrected chi connectivity index (χ2v) is 8.78. The number of urea groups is 1. The number of anilines is 1. The van der Waals surface area contributed by atoms with Crippen LogP contribution in [0.15, 0.2) is 72.8 Å². The number of amides is 4. The monoisotopic (exact) mass is 475 g/mol. The summed E-state index contributed by atoms with van der Waals surface area (Å²) in [4.78, 5) is 40.1. The van der Waals surface area contributed by atoms with Crippen LogP contribution in [0.2, 0.25) is 5.02 Å². The summed E-state index contributed by atoms with van der Waals surface area (Å²) in [5.41, 5.74) is 1.06. The Morgan fingerprint density at radius 1 is 1.06 bits per heavy atom. The molecule has 0 unspecified atom stereocenters. The van der Waals surface area contributed by atoms with E-state index in [4.69, 9.17) is 16.3 Å². The van der Waals surface area contributed by atoms with Crippen molar-refractivity contribution in [2.45, 2.75) is 24.8 Å². The van der Waals surface area contributed by atoms with Crippen molar-refractivity contribution in [3.05, 3.63) is 88.9 Å². The van der Waals surface area contributed by atoms with E-state index in [1.165, 1.54) is 0 Å². The first-order valence-electron chi connectivity index (χ1n) is 11.0. The molecule has 1 heterocycles. The molecule has 2 N–H and O–H groups in total. The van der Waals surface area contributed by atoms with Gasteiger partial charge >= 0.3 is 6.03 Å². The van der Waals surface area contributed by atoms with Crippen molar-refractivity contribution in [3.63, 3.8) is 0 Å². The SMILES string of the molecule is O=C(CN1C(=O)N[C@@]2(CCCc3ccccc32)C1=O)Nc1cc(Cl)ccc1Oc1ccccc1. The molecular formula is C26H22ClN3O4. The number of halogens is 1. The normalized spacial score (nSPS) is 19.0. The standard InChI is InChI=1S/C26H22ClN3O4/c27-18-12-13-22(34-19-9-2-1-3-10-19)21(15-18)28-23(31)16-30-24(32)26(29-25(30)33)14-6-8-17-7-4-5-11-20(17)26/h1-5,7,9-13,15H,6,8,14,16H2,(H,28,31)(H,29,33)/t26-/m1/s1. The molecule has 1 saturated heterocycles. The van der Waals surface area contributed by atoms with Gasteiger partial charge in [0.15, 0.2) is 5.75 Å². The molecule has 172 valence electrons. The lowest BCUT2D eigenvalue weighted by molar-refractivity contribution is -0.134. The number of hydrogen-bond acceptors (Lipinski definition) is 4. The van der Waals surface area contributed by atoms with Crippen molar-refractivity contribution in [2.24, 2.45) is 0 Å². The fourth-order valence-electron chi connectivity index (χ4n) is 4.59. The Kier molecular flexibility index (Phi) is 5.71. The summed E-state index contributed by atoms with van der Waals surface area (Å²) >= 11 is 6.13. The van der Waals surface area contributed by atoms with E-state index in [-0.39, 0.29) is 0 Å². The predicted molar refractivity (Wildman–Crippen MR) is 128 cm³/mol. The van der Waals surface area contributed by atoms with E-state index in [0.717, 1.165) is 28.9 Å². The maximum Gasteiger partial charge on any atom is 0.325 e. The molecule has 4 amide bonds. The second-order valence-electron chi connectivity index (χ2n) is 8.34. The predicted octanol–water partition coefficient (Wildman–Crippen LogP) is 4.85. The Hall–Kier alpha value is -3.84. The van der Waals surface area contributed by atoms with E-state index in [1.807, 2.05) is 42.5 Å². The Labute approximate surface area is 201 Å². The molecule has 0 radical (unpaired) electrons. The Morgan fingerprint density at radius 3 is 2.65 bits per heavy atom. The minimum atomic E-state index is -1.12. The fraction of sp³-hybridized carbons (Fsp3) is 0.192. The quantitative estimate of drug-likeness (QED) is 0.516. The van der Waals surface area contributed by atoms with Gasteiger partial charge in [-0.15, -0.1) is 0 Å². The molecular weight excluding hydrogens is 454 g/mol. The second kappa shape index (κ2) is 8.83. The van der Waals surface area contributed by atoms with Crippen LogP contribution in [-0.2, 0) is 21.5 Å². The van der Waals surface area contributed by atoms with Crippen LogP contribution in [0.25, 0.3) is 0 Å². The number of nitrogens with zero attached hydrogens (tertiary/aromatic N) is 1. The average molecular weight is 476 g/mol. The van der Waals surface area contributed by atoms with Crippen LogP contribution in [-0.4, -0.2) is 29.3 Å². The zero-order valence-electron chi connectivity index (χ0n) is 18.2. The van der Waals surface area contributed by atoms with Crippen LogP contribution in [0.4, 0.5) is 10.5 Å². The summed E-state index contributed by atoms with van der Waals surface area (Å²) in [7, 11) is 0. The van der Waals surface area contributed by atoms with Crippen LogP contribution < -0.4 is 15.4 Å². The Bertz CT molecular complexity index is 1280. The van der Waals surface area contributed by atoms with Crippen molar-refractivity contribution >= 4 is 35.1 Å². The van der Waals surface area contributed by atoms with Crippen LogP contribution in [0.3, 0.4) is 0 Å². The highest BCUT2D eigenvalue weighted by atomic mass is 35.5. The largest absolute Gasteiger partial charge is 0.455 e. The molecule has 1 spiro atoms. The number of para-hydroxylation sites is 1. The van der Waals surface area contributed by atoms with Gasteiger partial charge in [-0.1, -0.05) is 54.1 Å². The zero-order valence-corrected chi connectivity index (χ0v) is 19.0. The molecule has 0 saturated carbocycles. The summed E-state index contributed by atoms with van der Waals surface area (Å²) in [6.07, 6.45) is 2.11. The van der Waals surface area contributed by atoms with E-state index in [1.54, 1.807) is 30.3 Å². The molecule has 0 aromatic heterocycles. The number of benzene rings is 3. The van der Waals surface area contributed by atoms with Gasteiger partial charge in [0.05, 0.1) is 5.69 Å². The number of carbonyl (C=O) groups is 3. The minimum Gasteiger partial charge on any atom is -0.455 e. The van der Waals surface area contributed by atoms with Crippen molar-refractivity contribution in [3.8, 4) is 11.5 Å². The van der Waals surface area contributed by atoms with Crippen LogP contribution in [0.5, 0.6) is 11.5 Å². The van der Waals surface area contributed by atoms with E-state index < -0.39 is 29.9 Å². The first-order valence-corrected chi connectivity index (χ1v) is 11.4. The smallest absolute Gasteiger partial charge is 0.325 e. The zero-order chi connectivity index (χ0) is 23.7. The molecule has 1 aliphatic heterocycles. The number of hydrogen-bond donors (Lipinski definition) is 2. The van der Waals surface area contributed by atoms with Crippen molar-refractivity contribution in [2.75, 3.05) is 11.9 Å². The fourth-order valence-corrected chi connectivity index (χ4v) is 4.76. The number of ether oxygens (including phenoxy) is 1. The van der Waals surface area contributed by atoms with E-state index in [9.17, 15) is 14.4 Å². The van der Waals surface area contributed by atoms with Gasteiger partial charge in [-0.3, -0.25) is 14.5 Å². The average Bonchev–Trinajstić information content (AvgIpc) is 3.06. The van der Waals surface area contributed by atoms with Crippen molar-refractivity contribution in [1.29, 1.82) is 0 Å². The number of carbonyl (C=O) groups excluding carboxylic acids is 3. The van der Waals surface area contributed by atoms with Crippen LogP contribution >= 0.6 is 11.6 Å². The Morgan fingerprint density at radius 2 is 1.82 bits per heavy atom. The first kappa shape index (κ1) is 22.0. The van der Waals surface area contributed by atoms with Gasteiger partial charge in [0, 0.05) is 5.02 Å². The maximum absolute atomic E-state index is 13.4. The molecule has 8 heteroatoms. The molecule has 0 bridgehead atoms. The maximum atomic E-state index is 13.4. The van der Waals surface area contributed by atoms with Gasteiger partial charge in [0.1, 0.15) is 17.8 Å². The van der Waals surface area contributed by atoms with Gasteiger partial charge < -0.3 is 15.4 Å². The lowest BCUT2D eigenvalue weighted by Crippen LogP contribution is -2.47. The topological polar surface area (TPSA) is 87.7 Å². The number of aryl methyl sites for hydroxylation is 1. The van der Waals surface area contributed by atoms with Crippen molar-refractivity contribution < 1.29 is 19.1 Å². The molecule has 7 nitrogen and oxygen atoms in total. The van der Waals surface area contributed by atoms with Gasteiger partial charge in [-0.05, 0) is 60.7 Å². The van der Waals surface area contributed by atoms with E-state index in [0.29, 0.717) is 28.6 Å². The van der Waals surface area contributed by atoms with Gasteiger partial charge in [-0.2, -0.15) is 0 Å². The summed E-state index contributed by atoms with van der Waals surface area (Å²) < 4.78 is 5.87. The summed E-state index contributed by atoms with van der Waals surface area (Å²) in [5, 5.41) is 5.99. The lowest BCUT2D eigenvalue weighted by Gasteiger charge is -2.33. The molecule has 1 fully saturated rings. The number of imide groups is 1.